The van der Waals surface area contributed by atoms with Crippen LogP contribution < -0.4 is 0 Å². The Bertz CT molecular complexity index is 686. The van der Waals surface area contributed by atoms with Gasteiger partial charge in [-0.3, -0.25) is 0 Å². The first kappa shape index (κ1) is 9.46. The molecule has 3 aromatic heterocycles. The lowest BCUT2D eigenvalue weighted by Gasteiger charge is -1.93. The van der Waals surface area contributed by atoms with Crippen LogP contribution in [0.3, 0.4) is 0 Å². The van der Waals surface area contributed by atoms with E-state index in [1.807, 2.05) is 0 Å². The first-order valence-electron chi connectivity index (χ1n) is 4.71. The van der Waals surface area contributed by atoms with Gasteiger partial charge in [-0.2, -0.15) is 0 Å². The van der Waals surface area contributed by atoms with Crippen LogP contribution in [0.2, 0.25) is 0 Å². The minimum atomic E-state index is -0.205. The first-order chi connectivity index (χ1) is 8.29. The van der Waals surface area contributed by atoms with Gasteiger partial charge in [0.25, 0.3) is 0 Å². The number of fused-ring (bicyclic) bond motifs is 1. The number of nitrogens with one attached hydrogen (secondary N) is 2. The van der Waals surface area contributed by atoms with Crippen molar-refractivity contribution in [2.24, 2.45) is 5.18 Å². The SMILES string of the molecule is O=Nc1[nH]c2cc(-c3ccnnn3)[nH]c2c1O. The van der Waals surface area contributed by atoms with Gasteiger partial charge in [-0.1, -0.05) is 0 Å². The predicted molar refractivity (Wildman–Crippen MR) is 58.6 cm³/mol. The Labute approximate surface area is 93.7 Å². The zero-order valence-corrected chi connectivity index (χ0v) is 8.38. The summed E-state index contributed by atoms with van der Waals surface area (Å²) in [5.41, 5.74) is 2.23. The molecular weight excluding hydrogens is 224 g/mol. The summed E-state index contributed by atoms with van der Waals surface area (Å²) in [6.07, 6.45) is 1.51. The molecule has 8 nitrogen and oxygen atoms in total. The summed E-state index contributed by atoms with van der Waals surface area (Å²) in [5, 5.41) is 23.2. The molecule has 0 aromatic carbocycles. The Morgan fingerprint density at radius 2 is 2.24 bits per heavy atom. The quantitative estimate of drug-likeness (QED) is 0.575. The number of aromatic amines is 2. The molecule has 0 unspecified atom stereocenters. The molecule has 8 heteroatoms. The molecule has 84 valence electrons. The van der Waals surface area contributed by atoms with Gasteiger partial charge in [-0.25, -0.2) is 0 Å². The summed E-state index contributed by atoms with van der Waals surface area (Å²) in [4.78, 5) is 16.0. The highest BCUT2D eigenvalue weighted by atomic mass is 16.3. The van der Waals surface area contributed by atoms with Gasteiger partial charge in [0.15, 0.2) is 5.75 Å². The molecule has 0 radical (unpaired) electrons. The van der Waals surface area contributed by atoms with Crippen molar-refractivity contribution in [3.63, 3.8) is 0 Å². The van der Waals surface area contributed by atoms with E-state index in [2.05, 4.69) is 30.6 Å². The molecule has 0 aliphatic carbocycles. The molecule has 0 amide bonds. The Kier molecular flexibility index (Phi) is 1.87. The molecule has 0 bridgehead atoms. The van der Waals surface area contributed by atoms with E-state index in [0.29, 0.717) is 22.4 Å². The lowest BCUT2D eigenvalue weighted by atomic mass is 10.3. The molecular formula is C9H6N6O2. The largest absolute Gasteiger partial charge is 0.503 e. The highest BCUT2D eigenvalue weighted by molar-refractivity contribution is 5.91. The number of aromatic hydroxyl groups is 1. The van der Waals surface area contributed by atoms with E-state index in [1.54, 1.807) is 12.1 Å². The fourth-order valence-electron chi connectivity index (χ4n) is 1.63. The minimum Gasteiger partial charge on any atom is -0.503 e. The van der Waals surface area contributed by atoms with Crippen LogP contribution >= 0.6 is 0 Å². The van der Waals surface area contributed by atoms with E-state index < -0.39 is 0 Å². The van der Waals surface area contributed by atoms with Crippen molar-refractivity contribution in [3.05, 3.63) is 23.2 Å². The van der Waals surface area contributed by atoms with E-state index in [4.69, 9.17) is 0 Å². The summed E-state index contributed by atoms with van der Waals surface area (Å²) in [5.74, 6) is -0.304. The fourth-order valence-corrected chi connectivity index (χ4v) is 1.63. The molecule has 0 saturated heterocycles. The predicted octanol–water partition coefficient (Wildman–Crippen LogP) is 1.45. The van der Waals surface area contributed by atoms with Crippen molar-refractivity contribution in [2.45, 2.75) is 0 Å². The lowest BCUT2D eigenvalue weighted by molar-refractivity contribution is 0.482. The van der Waals surface area contributed by atoms with Gasteiger partial charge in [0.1, 0.15) is 11.2 Å². The lowest BCUT2D eigenvalue weighted by Crippen LogP contribution is -1.88. The summed E-state index contributed by atoms with van der Waals surface area (Å²) in [6.45, 7) is 0. The van der Waals surface area contributed by atoms with Crippen molar-refractivity contribution in [2.75, 3.05) is 0 Å². The van der Waals surface area contributed by atoms with E-state index >= 15 is 0 Å². The second kappa shape index (κ2) is 3.37. The standard InChI is InChI=1S/C9H6N6O2/c16-8-7-6(12-9(8)14-17)3-5(11-7)4-1-2-10-15-13-4/h1-3,11-12,16H. The molecule has 0 saturated carbocycles. The number of aromatic nitrogens is 5. The molecule has 3 rings (SSSR count). The topological polar surface area (TPSA) is 120 Å². The van der Waals surface area contributed by atoms with E-state index in [1.165, 1.54) is 6.20 Å². The van der Waals surface area contributed by atoms with Crippen LogP contribution in [0.25, 0.3) is 22.4 Å². The maximum Gasteiger partial charge on any atom is 0.219 e. The van der Waals surface area contributed by atoms with E-state index in [9.17, 15) is 10.0 Å². The molecule has 3 heterocycles. The average molecular weight is 230 g/mol. The molecule has 0 aliphatic heterocycles. The van der Waals surface area contributed by atoms with E-state index in [-0.39, 0.29) is 11.6 Å². The Balaban J connectivity index is 2.19. The third kappa shape index (κ3) is 1.34. The molecule has 0 aliphatic rings. The molecule has 0 atom stereocenters. The van der Waals surface area contributed by atoms with Crippen LogP contribution in [0.1, 0.15) is 0 Å². The molecule has 3 N–H and O–H groups in total. The highest BCUT2D eigenvalue weighted by Crippen LogP contribution is 2.35. The second-order valence-electron chi connectivity index (χ2n) is 3.39. The Morgan fingerprint density at radius 1 is 1.35 bits per heavy atom. The zero-order valence-electron chi connectivity index (χ0n) is 8.38. The summed E-state index contributed by atoms with van der Waals surface area (Å²) >= 11 is 0. The minimum absolute atomic E-state index is 0.0985. The van der Waals surface area contributed by atoms with Gasteiger partial charge in [0.2, 0.25) is 5.82 Å². The number of hydrogen-bond acceptors (Lipinski definition) is 6. The molecule has 0 spiro atoms. The monoisotopic (exact) mass is 230 g/mol. The van der Waals surface area contributed by atoms with Gasteiger partial charge in [-0.05, 0) is 22.5 Å². The van der Waals surface area contributed by atoms with Crippen LogP contribution in [0.15, 0.2) is 23.5 Å². The molecule has 17 heavy (non-hydrogen) atoms. The number of hydrogen-bond donors (Lipinski definition) is 3. The Morgan fingerprint density at radius 3 is 2.88 bits per heavy atom. The second-order valence-corrected chi connectivity index (χ2v) is 3.39. The normalized spacial score (nSPS) is 10.8. The third-order valence-electron chi connectivity index (χ3n) is 2.40. The average Bonchev–Trinajstić information content (AvgIpc) is 2.90. The van der Waals surface area contributed by atoms with Crippen LogP contribution in [0, 0.1) is 4.91 Å². The molecule has 3 aromatic rings. The third-order valence-corrected chi connectivity index (χ3v) is 2.40. The van der Waals surface area contributed by atoms with Gasteiger partial charge in [-0.15, -0.1) is 15.1 Å². The maximum absolute atomic E-state index is 10.4. The smallest absolute Gasteiger partial charge is 0.219 e. The number of nitroso groups, excluding NO2 is 1. The van der Waals surface area contributed by atoms with Crippen LogP contribution in [0.5, 0.6) is 5.75 Å². The zero-order chi connectivity index (χ0) is 11.8. The van der Waals surface area contributed by atoms with Crippen molar-refractivity contribution in [1.29, 1.82) is 0 Å². The Hall–Kier alpha value is -2.77. The van der Waals surface area contributed by atoms with Crippen LogP contribution in [0.4, 0.5) is 5.82 Å². The van der Waals surface area contributed by atoms with Gasteiger partial charge in [0.05, 0.1) is 17.4 Å². The van der Waals surface area contributed by atoms with Crippen LogP contribution in [-0.4, -0.2) is 30.5 Å². The molecule has 0 fully saturated rings. The van der Waals surface area contributed by atoms with Gasteiger partial charge < -0.3 is 15.1 Å². The number of H-pyrrole nitrogens is 2. The van der Waals surface area contributed by atoms with E-state index in [0.717, 1.165) is 0 Å². The van der Waals surface area contributed by atoms with Gasteiger partial charge >= 0.3 is 0 Å². The first-order valence-corrected chi connectivity index (χ1v) is 4.71. The summed E-state index contributed by atoms with van der Waals surface area (Å²) in [6, 6.07) is 3.38. The van der Waals surface area contributed by atoms with Gasteiger partial charge in [0, 0.05) is 0 Å². The van der Waals surface area contributed by atoms with Crippen molar-refractivity contribution in [3.8, 4) is 17.1 Å². The van der Waals surface area contributed by atoms with Crippen molar-refractivity contribution >= 4 is 16.9 Å². The van der Waals surface area contributed by atoms with Crippen LogP contribution in [-0.2, 0) is 0 Å². The van der Waals surface area contributed by atoms with Crippen molar-refractivity contribution in [1.82, 2.24) is 25.4 Å². The number of nitrogens with zero attached hydrogens (tertiary/aromatic N) is 4. The highest BCUT2D eigenvalue weighted by Gasteiger charge is 2.14. The maximum atomic E-state index is 10.4. The fraction of sp³-hybridized carbons (Fsp3) is 0. The van der Waals surface area contributed by atoms with Crippen molar-refractivity contribution < 1.29 is 5.11 Å². The summed E-state index contributed by atoms with van der Waals surface area (Å²) in [7, 11) is 0. The number of rotatable bonds is 2. The summed E-state index contributed by atoms with van der Waals surface area (Å²) < 4.78 is 0.